The van der Waals surface area contributed by atoms with Gasteiger partial charge in [0.15, 0.2) is 11.6 Å². The Labute approximate surface area is 114 Å². The van der Waals surface area contributed by atoms with Gasteiger partial charge < -0.3 is 11.1 Å². The second-order valence-corrected chi connectivity index (χ2v) is 4.08. The summed E-state index contributed by atoms with van der Waals surface area (Å²) in [5, 5.41) is 10.6. The molecule has 0 saturated carbocycles. The van der Waals surface area contributed by atoms with Crippen LogP contribution in [0.5, 0.6) is 0 Å². The number of rotatable bonds is 6. The second-order valence-electron chi connectivity index (χ2n) is 4.08. The zero-order valence-electron chi connectivity index (χ0n) is 10.5. The van der Waals surface area contributed by atoms with Crippen molar-refractivity contribution >= 4 is 11.8 Å². The summed E-state index contributed by atoms with van der Waals surface area (Å²) in [5.74, 6) is -4.17. The van der Waals surface area contributed by atoms with Crippen molar-refractivity contribution in [2.45, 2.75) is 25.3 Å². The number of primary amides is 1. The lowest BCUT2D eigenvalue weighted by Crippen LogP contribution is -2.44. The fraction of sp³-hybridized carbons (Fsp3) is 0.308. The van der Waals surface area contributed by atoms with Gasteiger partial charge in [-0.1, -0.05) is 6.07 Å². The number of amides is 2. The predicted molar refractivity (Wildman–Crippen MR) is 66.3 cm³/mol. The molecule has 0 aliphatic rings. The molecule has 0 aliphatic heterocycles. The predicted octanol–water partition coefficient (Wildman–Crippen LogP) is 1.24. The molecule has 106 valence electrons. The van der Waals surface area contributed by atoms with Crippen molar-refractivity contribution in [3.05, 3.63) is 35.4 Å². The number of hydrogen-bond acceptors (Lipinski definition) is 3. The first kappa shape index (κ1) is 15.6. The summed E-state index contributed by atoms with van der Waals surface area (Å²) < 4.78 is 26.4. The van der Waals surface area contributed by atoms with E-state index in [9.17, 15) is 18.4 Å². The van der Waals surface area contributed by atoms with Crippen molar-refractivity contribution < 1.29 is 18.4 Å². The van der Waals surface area contributed by atoms with Crippen LogP contribution in [0.1, 0.15) is 29.6 Å². The first-order valence-corrected chi connectivity index (χ1v) is 5.88. The highest BCUT2D eigenvalue weighted by atomic mass is 19.2. The number of benzene rings is 1. The van der Waals surface area contributed by atoms with E-state index in [1.54, 1.807) is 0 Å². The Kier molecular flexibility index (Phi) is 5.59. The van der Waals surface area contributed by atoms with Crippen molar-refractivity contribution in [2.75, 3.05) is 0 Å². The van der Waals surface area contributed by atoms with Crippen molar-refractivity contribution in [3.63, 3.8) is 0 Å². The van der Waals surface area contributed by atoms with E-state index in [2.05, 4.69) is 5.32 Å². The third-order valence-corrected chi connectivity index (χ3v) is 2.63. The van der Waals surface area contributed by atoms with E-state index in [0.29, 0.717) is 6.42 Å². The lowest BCUT2D eigenvalue weighted by atomic mass is 10.1. The van der Waals surface area contributed by atoms with Gasteiger partial charge in [0.25, 0.3) is 5.91 Å². The van der Waals surface area contributed by atoms with Gasteiger partial charge in [0.05, 0.1) is 11.6 Å². The van der Waals surface area contributed by atoms with Gasteiger partial charge >= 0.3 is 0 Å². The quantitative estimate of drug-likeness (QED) is 0.768. The number of nitrogens with zero attached hydrogens (tertiary/aromatic N) is 1. The van der Waals surface area contributed by atoms with Crippen LogP contribution in [0.3, 0.4) is 0 Å². The zero-order chi connectivity index (χ0) is 15.1. The maximum absolute atomic E-state index is 13.4. The molecule has 1 aromatic carbocycles. The smallest absolute Gasteiger partial charge is 0.255 e. The molecule has 0 aromatic heterocycles. The molecular formula is C13H13F2N3O2. The van der Waals surface area contributed by atoms with Crippen LogP contribution >= 0.6 is 0 Å². The van der Waals surface area contributed by atoms with Crippen LogP contribution in [0.4, 0.5) is 8.78 Å². The molecule has 5 nitrogen and oxygen atoms in total. The molecule has 0 bridgehead atoms. The zero-order valence-corrected chi connectivity index (χ0v) is 10.5. The molecule has 3 N–H and O–H groups in total. The van der Waals surface area contributed by atoms with Crippen LogP contribution in [0.25, 0.3) is 0 Å². The van der Waals surface area contributed by atoms with Crippen molar-refractivity contribution in [1.29, 1.82) is 5.26 Å². The van der Waals surface area contributed by atoms with Gasteiger partial charge in [0.2, 0.25) is 5.91 Å². The Hall–Kier alpha value is -2.49. The lowest BCUT2D eigenvalue weighted by Gasteiger charge is -2.15. The summed E-state index contributed by atoms with van der Waals surface area (Å²) in [5.41, 5.74) is 4.61. The first-order chi connectivity index (χ1) is 9.47. The molecule has 0 radical (unpaired) electrons. The summed E-state index contributed by atoms with van der Waals surface area (Å²) in [6.07, 6.45) is 0.718. The fourth-order valence-corrected chi connectivity index (χ4v) is 1.59. The number of carbonyl (C=O) groups is 2. The SMILES string of the molecule is N#CCCC[C@@H](NC(=O)c1cccc(F)c1F)C(N)=O. The van der Waals surface area contributed by atoms with E-state index < -0.39 is 35.1 Å². The van der Waals surface area contributed by atoms with E-state index in [0.717, 1.165) is 12.1 Å². The molecule has 1 rings (SSSR count). The summed E-state index contributed by atoms with van der Waals surface area (Å²) >= 11 is 0. The maximum atomic E-state index is 13.4. The van der Waals surface area contributed by atoms with Gasteiger partial charge in [0.1, 0.15) is 6.04 Å². The molecule has 0 heterocycles. The van der Waals surface area contributed by atoms with Crippen LogP contribution < -0.4 is 11.1 Å². The molecule has 0 aliphatic carbocycles. The number of carbonyl (C=O) groups excluding carboxylic acids is 2. The molecule has 1 aromatic rings. The fourth-order valence-electron chi connectivity index (χ4n) is 1.59. The largest absolute Gasteiger partial charge is 0.368 e. The molecule has 20 heavy (non-hydrogen) atoms. The van der Waals surface area contributed by atoms with Crippen molar-refractivity contribution in [3.8, 4) is 6.07 Å². The van der Waals surface area contributed by atoms with Gasteiger partial charge in [0, 0.05) is 6.42 Å². The number of unbranched alkanes of at least 4 members (excludes halogenated alkanes) is 1. The molecule has 0 saturated heterocycles. The molecule has 0 spiro atoms. The Morgan fingerprint density at radius 3 is 2.70 bits per heavy atom. The minimum absolute atomic E-state index is 0.158. The molecule has 0 unspecified atom stereocenters. The van der Waals surface area contributed by atoms with Crippen LogP contribution in [-0.2, 0) is 4.79 Å². The number of nitrogens with one attached hydrogen (secondary N) is 1. The van der Waals surface area contributed by atoms with Gasteiger partial charge in [-0.05, 0) is 25.0 Å². The maximum Gasteiger partial charge on any atom is 0.255 e. The summed E-state index contributed by atoms with van der Waals surface area (Å²) in [6.45, 7) is 0. The lowest BCUT2D eigenvalue weighted by molar-refractivity contribution is -0.120. The minimum atomic E-state index is -1.29. The number of halogens is 2. The van der Waals surface area contributed by atoms with E-state index in [1.165, 1.54) is 6.07 Å². The number of nitriles is 1. The van der Waals surface area contributed by atoms with Crippen molar-refractivity contribution in [1.82, 2.24) is 5.32 Å². The minimum Gasteiger partial charge on any atom is -0.368 e. The summed E-state index contributed by atoms with van der Waals surface area (Å²) in [6, 6.07) is 4.02. The second kappa shape index (κ2) is 7.19. The summed E-state index contributed by atoms with van der Waals surface area (Å²) in [7, 11) is 0. The standard InChI is InChI=1S/C13H13F2N3O2/c14-9-5-3-4-8(11(9)15)13(20)18-10(12(17)19)6-1-2-7-16/h3-5,10H,1-2,6H2,(H2,17,19)(H,18,20)/t10-/m1/s1. The first-order valence-electron chi connectivity index (χ1n) is 5.88. The van der Waals surface area contributed by atoms with Gasteiger partial charge in [-0.3, -0.25) is 9.59 Å². The third-order valence-electron chi connectivity index (χ3n) is 2.63. The monoisotopic (exact) mass is 281 g/mol. The number of nitrogens with two attached hydrogens (primary N) is 1. The van der Waals surface area contributed by atoms with Gasteiger partial charge in [-0.2, -0.15) is 5.26 Å². The molecular weight excluding hydrogens is 268 g/mol. The van der Waals surface area contributed by atoms with E-state index in [4.69, 9.17) is 11.0 Å². The third kappa shape index (κ3) is 4.02. The Balaban J connectivity index is 2.78. The Bertz CT molecular complexity index is 555. The summed E-state index contributed by atoms with van der Waals surface area (Å²) in [4.78, 5) is 22.9. The van der Waals surface area contributed by atoms with Gasteiger partial charge in [-0.15, -0.1) is 0 Å². The highest BCUT2D eigenvalue weighted by Gasteiger charge is 2.21. The Morgan fingerprint density at radius 2 is 2.10 bits per heavy atom. The van der Waals surface area contributed by atoms with Crippen molar-refractivity contribution in [2.24, 2.45) is 5.73 Å². The molecule has 1 atom stereocenters. The highest BCUT2D eigenvalue weighted by molar-refractivity contribution is 5.97. The highest BCUT2D eigenvalue weighted by Crippen LogP contribution is 2.12. The Morgan fingerprint density at radius 1 is 1.40 bits per heavy atom. The van der Waals surface area contributed by atoms with E-state index in [1.807, 2.05) is 6.07 Å². The van der Waals surface area contributed by atoms with Crippen LogP contribution in [0, 0.1) is 23.0 Å². The van der Waals surface area contributed by atoms with Crippen LogP contribution in [-0.4, -0.2) is 17.9 Å². The van der Waals surface area contributed by atoms with Crippen LogP contribution in [0.2, 0.25) is 0 Å². The topological polar surface area (TPSA) is 96.0 Å². The average Bonchev–Trinajstić information content (AvgIpc) is 2.40. The number of hydrogen-bond donors (Lipinski definition) is 2. The van der Waals surface area contributed by atoms with E-state index in [-0.39, 0.29) is 12.8 Å². The van der Waals surface area contributed by atoms with E-state index >= 15 is 0 Å². The normalized spacial score (nSPS) is 11.4. The van der Waals surface area contributed by atoms with Gasteiger partial charge in [-0.25, -0.2) is 8.78 Å². The van der Waals surface area contributed by atoms with Crippen LogP contribution in [0.15, 0.2) is 18.2 Å². The molecule has 2 amide bonds. The molecule has 7 heteroatoms. The molecule has 0 fully saturated rings. The average molecular weight is 281 g/mol.